The van der Waals surface area contributed by atoms with Gasteiger partial charge in [-0.25, -0.2) is 4.79 Å². The maximum Gasteiger partial charge on any atom is 0.338 e. The van der Waals surface area contributed by atoms with Gasteiger partial charge >= 0.3 is 11.9 Å². The number of piperidine rings is 1. The van der Waals surface area contributed by atoms with Gasteiger partial charge in [-0.1, -0.05) is 18.2 Å². The zero-order valence-electron chi connectivity index (χ0n) is 26.6. The molecule has 6 aliphatic rings. The molecule has 1 aromatic rings. The molecule has 1 saturated heterocycles. The molecular formula is C33H45NO11. The predicted octanol–water partition coefficient (Wildman–Crippen LogP) is 0.258. The summed E-state index contributed by atoms with van der Waals surface area (Å²) >= 11 is 0. The minimum Gasteiger partial charge on any atom is -0.455 e. The molecule has 12 nitrogen and oxygen atoms in total. The van der Waals surface area contributed by atoms with Gasteiger partial charge in [0.1, 0.15) is 23.9 Å². The predicted molar refractivity (Wildman–Crippen MR) is 156 cm³/mol. The van der Waals surface area contributed by atoms with Crippen LogP contribution in [-0.2, 0) is 33.2 Å². The SMILES string of the molecule is COC[C@]12CN(C)[C@H]3[C@@H]4[C@H](OC)[C@H]1[C@@]3([C@@H](OC)C[C@H]2O)[C@@H]1C[C@@]2(O)[C@H](OC(=O)c3ccccc3)[C@@H]1[C@]4(OC(C)=O)[C@@H](O)[C@@H]2OC. The second-order valence-electron chi connectivity index (χ2n) is 14.3. The third-order valence-corrected chi connectivity index (χ3v) is 12.9. The van der Waals surface area contributed by atoms with Crippen molar-refractivity contribution in [3.8, 4) is 0 Å². The summed E-state index contributed by atoms with van der Waals surface area (Å²) in [5.41, 5.74) is -4.79. The lowest BCUT2D eigenvalue weighted by atomic mass is 9.42. The van der Waals surface area contributed by atoms with Gasteiger partial charge in [-0.15, -0.1) is 0 Å². The monoisotopic (exact) mass is 631 g/mol. The molecule has 6 fully saturated rings. The molecule has 0 unspecified atom stereocenters. The Balaban J connectivity index is 1.52. The van der Waals surface area contributed by atoms with Crippen molar-refractivity contribution < 1.29 is 53.3 Å². The van der Waals surface area contributed by atoms with Crippen molar-refractivity contribution >= 4 is 11.9 Å². The fraction of sp³-hybridized carbons (Fsp3) is 0.758. The van der Waals surface area contributed by atoms with E-state index in [1.165, 1.54) is 14.0 Å². The second kappa shape index (κ2) is 10.4. The Labute approximate surface area is 262 Å². The Morgan fingerprint density at radius 3 is 2.31 bits per heavy atom. The average Bonchev–Trinajstić information content (AvgIpc) is 3.40. The van der Waals surface area contributed by atoms with E-state index >= 15 is 0 Å². The van der Waals surface area contributed by atoms with Crippen LogP contribution in [0.5, 0.6) is 0 Å². The molecular weight excluding hydrogens is 586 g/mol. The second-order valence-corrected chi connectivity index (χ2v) is 14.3. The van der Waals surface area contributed by atoms with Crippen LogP contribution in [-0.4, -0.2) is 135 Å². The lowest BCUT2D eigenvalue weighted by molar-refractivity contribution is -0.321. The zero-order chi connectivity index (χ0) is 32.3. The van der Waals surface area contributed by atoms with E-state index in [9.17, 15) is 24.9 Å². The molecule has 7 rings (SSSR count). The van der Waals surface area contributed by atoms with Crippen molar-refractivity contribution in [1.82, 2.24) is 4.90 Å². The molecule has 15 atom stereocenters. The molecule has 12 heteroatoms. The third kappa shape index (κ3) is 3.55. The van der Waals surface area contributed by atoms with Crippen LogP contribution in [0.4, 0.5) is 0 Å². The Morgan fingerprint density at radius 1 is 1.00 bits per heavy atom. The Kier molecular flexibility index (Phi) is 7.28. The fourth-order valence-electron chi connectivity index (χ4n) is 12.2. The number of ether oxygens (including phenoxy) is 6. The first kappa shape index (κ1) is 31.4. The van der Waals surface area contributed by atoms with Crippen molar-refractivity contribution in [3.63, 3.8) is 0 Å². The summed E-state index contributed by atoms with van der Waals surface area (Å²) in [7, 11) is 8.20. The summed E-state index contributed by atoms with van der Waals surface area (Å²) < 4.78 is 37.2. The van der Waals surface area contributed by atoms with Crippen LogP contribution in [0.15, 0.2) is 30.3 Å². The number of fused-ring (bicyclic) bond motifs is 2. The van der Waals surface area contributed by atoms with E-state index in [-0.39, 0.29) is 25.0 Å². The van der Waals surface area contributed by atoms with Crippen molar-refractivity contribution in [3.05, 3.63) is 35.9 Å². The molecule has 1 aliphatic heterocycles. The van der Waals surface area contributed by atoms with E-state index in [0.717, 1.165) is 0 Å². The number of carbonyl (C=O) groups excluding carboxylic acids is 2. The van der Waals surface area contributed by atoms with Crippen molar-refractivity contribution in [2.45, 2.75) is 73.6 Å². The summed E-state index contributed by atoms with van der Waals surface area (Å²) in [5.74, 6) is -3.66. The summed E-state index contributed by atoms with van der Waals surface area (Å²) in [6.45, 7) is 2.00. The maximum absolute atomic E-state index is 13.7. The number of esters is 2. The molecule has 1 aromatic carbocycles. The van der Waals surface area contributed by atoms with E-state index in [0.29, 0.717) is 18.5 Å². The number of aliphatic hydroxyl groups excluding tert-OH is 2. The van der Waals surface area contributed by atoms with Gasteiger partial charge in [-0.05, 0) is 31.5 Å². The molecule has 1 spiro atoms. The molecule has 3 N–H and O–H groups in total. The minimum absolute atomic E-state index is 0.0754. The Morgan fingerprint density at radius 2 is 1.71 bits per heavy atom. The first-order valence-electron chi connectivity index (χ1n) is 15.8. The number of hydrogen-bond donors (Lipinski definition) is 3. The molecule has 5 saturated carbocycles. The van der Waals surface area contributed by atoms with Crippen LogP contribution in [0.25, 0.3) is 0 Å². The minimum atomic E-state index is -1.83. The number of methoxy groups -OCH3 is 4. The van der Waals surface area contributed by atoms with Crippen LogP contribution in [0.1, 0.15) is 30.1 Å². The van der Waals surface area contributed by atoms with Gasteiger partial charge in [0.05, 0.1) is 30.5 Å². The van der Waals surface area contributed by atoms with Gasteiger partial charge in [0.2, 0.25) is 0 Å². The highest BCUT2D eigenvalue weighted by molar-refractivity contribution is 5.89. The normalized spacial score (nSPS) is 50.7. The number of benzene rings is 1. The van der Waals surface area contributed by atoms with Crippen LogP contribution >= 0.6 is 0 Å². The highest BCUT2D eigenvalue weighted by atomic mass is 16.6. The van der Waals surface area contributed by atoms with E-state index in [4.69, 9.17) is 28.4 Å². The summed E-state index contributed by atoms with van der Waals surface area (Å²) in [6.07, 6.45) is -5.50. The summed E-state index contributed by atoms with van der Waals surface area (Å²) in [5, 5.41) is 37.0. The average molecular weight is 632 g/mol. The maximum atomic E-state index is 13.7. The van der Waals surface area contributed by atoms with Crippen LogP contribution in [0.3, 0.4) is 0 Å². The molecule has 0 radical (unpaired) electrons. The quantitative estimate of drug-likeness (QED) is 0.337. The number of hydrogen-bond acceptors (Lipinski definition) is 12. The van der Waals surface area contributed by atoms with Crippen LogP contribution < -0.4 is 0 Å². The number of carbonyl (C=O) groups is 2. The smallest absolute Gasteiger partial charge is 0.338 e. The van der Waals surface area contributed by atoms with Gasteiger partial charge < -0.3 is 48.6 Å². The summed E-state index contributed by atoms with van der Waals surface area (Å²) in [4.78, 5) is 29.1. The number of rotatable bonds is 8. The third-order valence-electron chi connectivity index (χ3n) is 12.9. The number of aliphatic hydroxyl groups is 3. The molecule has 7 bridgehead atoms. The molecule has 248 valence electrons. The topological polar surface area (TPSA) is 153 Å². The van der Waals surface area contributed by atoms with Gasteiger partial charge in [0, 0.05) is 83.0 Å². The van der Waals surface area contributed by atoms with Gasteiger partial charge in [0.25, 0.3) is 0 Å². The summed E-state index contributed by atoms with van der Waals surface area (Å²) in [6, 6.07) is 8.15. The van der Waals surface area contributed by atoms with Gasteiger partial charge in [-0.2, -0.15) is 0 Å². The molecule has 0 aromatic heterocycles. The van der Waals surface area contributed by atoms with Crippen LogP contribution in [0, 0.1) is 34.5 Å². The largest absolute Gasteiger partial charge is 0.455 e. The number of nitrogens with zero attached hydrogens (tertiary/aromatic N) is 1. The highest BCUT2D eigenvalue weighted by Crippen LogP contribution is 2.80. The standard InChI is InChI=1S/C33H45NO11/c1-16(35)45-33-21-18(13-31(39,28(43-6)26(33)37)27(21)44-29(38)17-10-8-7-9-11-17)32-20(41-4)12-19(36)30(15-40-3)14-34(2)25(32)22(33)23(42-5)24(30)32/h7-11,18-28,36-37,39H,12-15H2,1-6H3/t18-,19-,20+,21-,22+,23+,24-,25+,26+,27-,28+,30+,31-,32+,33-/m1/s1. The van der Waals surface area contributed by atoms with Crippen molar-refractivity contribution in [1.29, 1.82) is 0 Å². The van der Waals surface area contributed by atoms with Crippen molar-refractivity contribution in [2.75, 3.05) is 48.6 Å². The van der Waals surface area contributed by atoms with E-state index in [2.05, 4.69) is 4.90 Å². The molecule has 1 heterocycles. The molecule has 0 amide bonds. The lowest BCUT2D eigenvalue weighted by Gasteiger charge is -2.70. The lowest BCUT2D eigenvalue weighted by Crippen LogP contribution is -2.81. The van der Waals surface area contributed by atoms with E-state index in [1.54, 1.807) is 51.7 Å². The van der Waals surface area contributed by atoms with Crippen LogP contribution in [0.2, 0.25) is 0 Å². The van der Waals surface area contributed by atoms with Gasteiger partial charge in [0.15, 0.2) is 5.60 Å². The number of likely N-dealkylation sites (tertiary alicyclic amines) is 1. The Bertz CT molecular complexity index is 1350. The van der Waals surface area contributed by atoms with Gasteiger partial charge in [-0.3, -0.25) is 4.79 Å². The molecule has 45 heavy (non-hydrogen) atoms. The van der Waals surface area contributed by atoms with E-state index < -0.39 is 88.3 Å². The zero-order valence-corrected chi connectivity index (χ0v) is 26.6. The molecule has 5 aliphatic carbocycles. The Hall–Kier alpha value is -2.16. The fourth-order valence-corrected chi connectivity index (χ4v) is 12.2. The first-order chi connectivity index (χ1) is 21.4. The van der Waals surface area contributed by atoms with Crippen molar-refractivity contribution in [2.24, 2.45) is 34.5 Å². The first-order valence-corrected chi connectivity index (χ1v) is 15.8. The van der Waals surface area contributed by atoms with E-state index in [1.807, 2.05) is 7.05 Å². The highest BCUT2D eigenvalue weighted by Gasteiger charge is 2.92.